The Bertz CT molecular complexity index is 1360. The van der Waals surface area contributed by atoms with E-state index >= 15 is 0 Å². The molecule has 10 heteroatoms. The molecule has 1 N–H and O–H groups in total. The minimum absolute atomic E-state index is 0.160. The number of nitro groups is 1. The first kappa shape index (κ1) is 22.5. The molecule has 0 radical (unpaired) electrons. The SMILES string of the molecule is C#Cc1cccc(Nc2ncnc3cc(OCCCCn4ccnc4[N+](=O)[O-])c(OC)cc23)c1. The van der Waals surface area contributed by atoms with E-state index in [1.165, 1.54) is 17.1 Å². The zero-order valence-electron chi connectivity index (χ0n) is 18.5. The van der Waals surface area contributed by atoms with Crippen LogP contribution in [0, 0.1) is 22.5 Å². The molecular weight excluding hydrogens is 436 g/mol. The molecule has 0 bridgehead atoms. The van der Waals surface area contributed by atoms with E-state index in [1.807, 2.05) is 30.3 Å². The normalized spacial score (nSPS) is 10.6. The number of terminal acetylenes is 1. The summed E-state index contributed by atoms with van der Waals surface area (Å²) in [7, 11) is 1.57. The molecule has 0 saturated carbocycles. The maximum atomic E-state index is 11.0. The lowest BCUT2D eigenvalue weighted by Crippen LogP contribution is -2.05. The predicted molar refractivity (Wildman–Crippen MR) is 127 cm³/mol. The number of hydrogen-bond acceptors (Lipinski definition) is 8. The van der Waals surface area contributed by atoms with Gasteiger partial charge < -0.3 is 24.9 Å². The fraction of sp³-hybridized carbons (Fsp3) is 0.208. The Balaban J connectivity index is 1.44. The molecule has 0 aliphatic carbocycles. The number of benzene rings is 2. The van der Waals surface area contributed by atoms with Gasteiger partial charge in [0.25, 0.3) is 0 Å². The molecule has 2 heterocycles. The number of unbranched alkanes of at least 4 members (excludes halogenated alkanes) is 1. The third-order valence-electron chi connectivity index (χ3n) is 5.12. The van der Waals surface area contributed by atoms with Gasteiger partial charge in [0, 0.05) is 22.7 Å². The lowest BCUT2D eigenvalue weighted by molar-refractivity contribution is -0.396. The maximum absolute atomic E-state index is 11.0. The summed E-state index contributed by atoms with van der Waals surface area (Å²) in [4.78, 5) is 22.9. The predicted octanol–water partition coefficient (Wildman–Crippen LogP) is 4.33. The molecule has 34 heavy (non-hydrogen) atoms. The van der Waals surface area contributed by atoms with Crippen LogP contribution in [0.1, 0.15) is 18.4 Å². The Morgan fingerprint density at radius 1 is 1.18 bits per heavy atom. The molecule has 4 aromatic rings. The topological polar surface area (TPSA) is 117 Å². The second-order valence-electron chi connectivity index (χ2n) is 7.33. The number of fused-ring (bicyclic) bond motifs is 1. The van der Waals surface area contributed by atoms with Gasteiger partial charge in [0.2, 0.25) is 0 Å². The third kappa shape index (κ3) is 5.05. The Labute approximate surface area is 195 Å². The van der Waals surface area contributed by atoms with Crippen molar-refractivity contribution in [1.82, 2.24) is 19.5 Å². The summed E-state index contributed by atoms with van der Waals surface area (Å²) < 4.78 is 13.0. The minimum atomic E-state index is -0.493. The Kier molecular flexibility index (Phi) is 6.84. The average molecular weight is 458 g/mol. The number of rotatable bonds is 10. The van der Waals surface area contributed by atoms with Crippen LogP contribution in [-0.4, -0.2) is 38.2 Å². The summed E-state index contributed by atoms with van der Waals surface area (Å²) in [6.45, 7) is 0.900. The van der Waals surface area contributed by atoms with Crippen molar-refractivity contribution in [2.75, 3.05) is 19.0 Å². The lowest BCUT2D eigenvalue weighted by Gasteiger charge is -2.14. The van der Waals surface area contributed by atoms with Gasteiger partial charge in [-0.25, -0.2) is 14.5 Å². The quantitative estimate of drug-likeness (QED) is 0.162. The Hall–Kier alpha value is -4.65. The number of aromatic nitrogens is 4. The summed E-state index contributed by atoms with van der Waals surface area (Å²) >= 11 is 0. The highest BCUT2D eigenvalue weighted by Gasteiger charge is 2.14. The number of ether oxygens (including phenoxy) is 2. The Morgan fingerprint density at radius 3 is 2.85 bits per heavy atom. The van der Waals surface area contributed by atoms with Crippen LogP contribution in [0.3, 0.4) is 0 Å². The zero-order valence-corrected chi connectivity index (χ0v) is 18.5. The van der Waals surface area contributed by atoms with Crippen LogP contribution in [0.25, 0.3) is 10.9 Å². The number of nitrogens with zero attached hydrogens (tertiary/aromatic N) is 5. The van der Waals surface area contributed by atoms with Crippen LogP contribution < -0.4 is 14.8 Å². The van der Waals surface area contributed by atoms with Crippen molar-refractivity contribution in [1.29, 1.82) is 0 Å². The average Bonchev–Trinajstić information content (AvgIpc) is 3.32. The minimum Gasteiger partial charge on any atom is -0.493 e. The molecule has 0 spiro atoms. The summed E-state index contributed by atoms with van der Waals surface area (Å²) in [5.74, 6) is 4.18. The first-order valence-corrected chi connectivity index (χ1v) is 10.5. The molecule has 10 nitrogen and oxygen atoms in total. The van der Waals surface area contributed by atoms with Gasteiger partial charge in [0.1, 0.15) is 24.5 Å². The van der Waals surface area contributed by atoms with E-state index < -0.39 is 4.92 Å². The van der Waals surface area contributed by atoms with Crippen molar-refractivity contribution in [3.63, 3.8) is 0 Å². The number of hydrogen-bond donors (Lipinski definition) is 1. The number of nitrogens with one attached hydrogen (secondary N) is 1. The van der Waals surface area contributed by atoms with Crippen molar-refractivity contribution >= 4 is 28.4 Å². The van der Waals surface area contributed by atoms with Gasteiger partial charge in [-0.2, -0.15) is 0 Å². The molecule has 0 aliphatic heterocycles. The van der Waals surface area contributed by atoms with E-state index in [0.29, 0.717) is 48.8 Å². The molecule has 0 saturated heterocycles. The fourth-order valence-corrected chi connectivity index (χ4v) is 3.47. The van der Waals surface area contributed by atoms with Gasteiger partial charge in [-0.3, -0.25) is 0 Å². The van der Waals surface area contributed by atoms with Gasteiger partial charge in [-0.15, -0.1) is 6.42 Å². The summed E-state index contributed by atoms with van der Waals surface area (Å²) in [6, 6.07) is 11.1. The molecule has 172 valence electrons. The molecule has 0 atom stereocenters. The third-order valence-corrected chi connectivity index (χ3v) is 5.12. The monoisotopic (exact) mass is 458 g/mol. The van der Waals surface area contributed by atoms with Gasteiger partial charge in [0.05, 0.1) is 25.8 Å². The van der Waals surface area contributed by atoms with Crippen molar-refractivity contribution < 1.29 is 14.4 Å². The second kappa shape index (κ2) is 10.3. The molecule has 0 fully saturated rings. The van der Waals surface area contributed by atoms with Gasteiger partial charge in [-0.05, 0) is 42.0 Å². The van der Waals surface area contributed by atoms with Crippen LogP contribution in [-0.2, 0) is 6.54 Å². The summed E-state index contributed by atoms with van der Waals surface area (Å²) in [5.41, 5.74) is 2.27. The summed E-state index contributed by atoms with van der Waals surface area (Å²) in [5, 5.41) is 15.0. The van der Waals surface area contributed by atoms with E-state index in [0.717, 1.165) is 16.6 Å². The van der Waals surface area contributed by atoms with Crippen LogP contribution in [0.5, 0.6) is 11.5 Å². The van der Waals surface area contributed by atoms with E-state index in [9.17, 15) is 10.1 Å². The van der Waals surface area contributed by atoms with Crippen molar-refractivity contribution in [2.45, 2.75) is 19.4 Å². The van der Waals surface area contributed by atoms with Crippen LogP contribution in [0.15, 0.2) is 55.1 Å². The van der Waals surface area contributed by atoms with Crippen molar-refractivity contribution in [3.05, 3.63) is 70.8 Å². The van der Waals surface area contributed by atoms with Gasteiger partial charge >= 0.3 is 5.95 Å². The number of aryl methyl sites for hydroxylation is 1. The first-order valence-electron chi connectivity index (χ1n) is 10.5. The molecule has 4 rings (SSSR count). The lowest BCUT2D eigenvalue weighted by atomic mass is 10.2. The molecular formula is C24H22N6O4. The Morgan fingerprint density at radius 2 is 2.06 bits per heavy atom. The standard InChI is InChI=1S/C24H22N6O4/c1-3-17-7-6-8-18(13-17)28-23-19-14-21(33-2)22(15-20(19)26-16-27-23)34-12-5-4-10-29-11-9-25-24(29)30(31)32/h1,6-9,11,13-16H,4-5,10,12H2,2H3,(H,26,27,28). The first-order chi connectivity index (χ1) is 16.6. The molecule has 2 aromatic heterocycles. The smallest absolute Gasteiger partial charge is 0.434 e. The summed E-state index contributed by atoms with van der Waals surface area (Å²) in [6.07, 6.45) is 11.4. The van der Waals surface area contributed by atoms with Crippen molar-refractivity contribution in [2.24, 2.45) is 0 Å². The van der Waals surface area contributed by atoms with E-state index in [-0.39, 0.29) is 5.95 Å². The second-order valence-corrected chi connectivity index (χ2v) is 7.33. The zero-order chi connectivity index (χ0) is 23.9. The fourth-order valence-electron chi connectivity index (χ4n) is 3.47. The highest BCUT2D eigenvalue weighted by atomic mass is 16.6. The van der Waals surface area contributed by atoms with E-state index in [1.54, 1.807) is 19.4 Å². The number of imidazole rings is 1. The van der Waals surface area contributed by atoms with Crippen LogP contribution in [0.2, 0.25) is 0 Å². The largest absolute Gasteiger partial charge is 0.493 e. The van der Waals surface area contributed by atoms with E-state index in [2.05, 4.69) is 26.2 Å². The highest BCUT2D eigenvalue weighted by Crippen LogP contribution is 2.35. The maximum Gasteiger partial charge on any atom is 0.434 e. The number of methoxy groups -OCH3 is 1. The highest BCUT2D eigenvalue weighted by molar-refractivity contribution is 5.93. The number of anilines is 2. The molecule has 0 amide bonds. The van der Waals surface area contributed by atoms with E-state index in [4.69, 9.17) is 15.9 Å². The van der Waals surface area contributed by atoms with Crippen molar-refractivity contribution in [3.8, 4) is 23.8 Å². The van der Waals surface area contributed by atoms with Crippen LogP contribution in [0.4, 0.5) is 17.5 Å². The molecule has 0 aliphatic rings. The van der Waals surface area contributed by atoms with Gasteiger partial charge in [0.15, 0.2) is 11.5 Å². The molecule has 0 unspecified atom stereocenters. The van der Waals surface area contributed by atoms with Crippen LogP contribution >= 0.6 is 0 Å². The van der Waals surface area contributed by atoms with Gasteiger partial charge in [-0.1, -0.05) is 17.0 Å². The molecule has 2 aromatic carbocycles.